The van der Waals surface area contributed by atoms with Crippen LogP contribution in [0, 0.1) is 0 Å². The first-order chi connectivity index (χ1) is 22.0. The van der Waals surface area contributed by atoms with Crippen LogP contribution in [0.25, 0.3) is 10.9 Å². The number of ether oxygens (including phenoxy) is 2. The zero-order chi connectivity index (χ0) is 34.2. The number of likely N-dealkylation sites (tertiary alicyclic amines) is 1. The predicted octanol–water partition coefficient (Wildman–Crippen LogP) is 7.76. The van der Waals surface area contributed by atoms with E-state index >= 15 is 0 Å². The average molecular weight is 736 g/mol. The van der Waals surface area contributed by atoms with E-state index in [4.69, 9.17) is 23.0 Å². The Labute approximate surface area is 284 Å². The Morgan fingerprint density at radius 2 is 1.77 bits per heavy atom. The number of rotatable bonds is 8. The van der Waals surface area contributed by atoms with Crippen molar-refractivity contribution in [2.75, 3.05) is 19.7 Å². The Kier molecular flexibility index (Phi) is 10.2. The van der Waals surface area contributed by atoms with Gasteiger partial charge in [-0.25, -0.2) is 14.0 Å². The number of carbonyl (C=O) groups is 2. The van der Waals surface area contributed by atoms with Crippen molar-refractivity contribution >= 4 is 46.7 Å². The summed E-state index contributed by atoms with van der Waals surface area (Å²) >= 11 is 3.56. The van der Waals surface area contributed by atoms with Crippen LogP contribution in [-0.2, 0) is 29.6 Å². The normalized spacial score (nSPS) is 18.1. The number of carbonyl (C=O) groups excluding carboxylic acids is 2. The molecule has 47 heavy (non-hydrogen) atoms. The number of hydrogen-bond acceptors (Lipinski definition) is 9. The van der Waals surface area contributed by atoms with E-state index in [0.717, 1.165) is 10.0 Å². The molecule has 1 atom stereocenters. The van der Waals surface area contributed by atoms with Crippen LogP contribution in [0.2, 0.25) is 0 Å². The van der Waals surface area contributed by atoms with Crippen LogP contribution in [0.4, 0.5) is 4.79 Å². The molecule has 0 bridgehead atoms. The standard InChI is InChI=1S/C33H44BrN4O8P/c1-8-42-30(40)37-16-14-33(15-17-37)19-26(25-18-23(34)12-13-27(25)44-33)35-29(39)24-11-9-10-22-20-38(36-28(22)24)21-43-47(41,45-31(2,3)4)46-32(5,6)7/h9-13,18,20,26H,8,14-17,19,21H2,1-7H3,(H,35,39)/t26-/m0/s1. The number of fused-ring (bicyclic) bond motifs is 2. The number of nitrogens with one attached hydrogen (secondary N) is 1. The SMILES string of the molecule is CCOC(=O)N1CCC2(CC1)C[C@H](NC(=O)c1cccc3cn(COP(=O)(OC(C)(C)C)OC(C)(C)C)nc13)c1cc(Br)ccc1O2. The third-order valence-electron chi connectivity index (χ3n) is 7.70. The van der Waals surface area contributed by atoms with E-state index in [1.807, 2.05) is 24.3 Å². The highest BCUT2D eigenvalue weighted by Crippen LogP contribution is 2.55. The summed E-state index contributed by atoms with van der Waals surface area (Å²) in [5.41, 5.74) is -0.395. The first-order valence-corrected chi connectivity index (χ1v) is 18.1. The molecule has 1 fully saturated rings. The third-order valence-corrected chi connectivity index (χ3v) is 10.2. The number of benzene rings is 2. The highest BCUT2D eigenvalue weighted by atomic mass is 79.9. The average Bonchev–Trinajstić information content (AvgIpc) is 3.38. The molecule has 3 heterocycles. The molecule has 1 aromatic heterocycles. The Morgan fingerprint density at radius 3 is 2.40 bits per heavy atom. The number of amides is 2. The van der Waals surface area contributed by atoms with Crippen molar-refractivity contribution in [3.8, 4) is 5.75 Å². The van der Waals surface area contributed by atoms with E-state index in [2.05, 4.69) is 26.3 Å². The summed E-state index contributed by atoms with van der Waals surface area (Å²) in [5, 5.41) is 8.58. The molecular formula is C33H44BrN4O8P. The van der Waals surface area contributed by atoms with Crippen molar-refractivity contribution in [1.82, 2.24) is 20.0 Å². The topological polar surface area (TPSA) is 130 Å². The fourth-order valence-electron chi connectivity index (χ4n) is 5.84. The molecule has 0 unspecified atom stereocenters. The third kappa shape index (κ3) is 8.75. The van der Waals surface area contributed by atoms with Gasteiger partial charge in [0.2, 0.25) is 0 Å². The number of piperidine rings is 1. The Balaban J connectivity index is 1.36. The Morgan fingerprint density at radius 1 is 1.09 bits per heavy atom. The molecule has 12 nitrogen and oxygen atoms in total. The van der Waals surface area contributed by atoms with Crippen molar-refractivity contribution in [3.05, 3.63) is 58.2 Å². The van der Waals surface area contributed by atoms with Crippen molar-refractivity contribution in [2.45, 2.75) is 97.3 Å². The molecule has 2 amide bonds. The maximum Gasteiger partial charge on any atom is 0.477 e. The van der Waals surface area contributed by atoms with Crippen LogP contribution < -0.4 is 10.1 Å². The maximum atomic E-state index is 13.9. The van der Waals surface area contributed by atoms with E-state index in [9.17, 15) is 14.2 Å². The minimum Gasteiger partial charge on any atom is -0.487 e. The minimum absolute atomic E-state index is 0.216. The first kappa shape index (κ1) is 35.3. The van der Waals surface area contributed by atoms with Gasteiger partial charge < -0.3 is 19.7 Å². The molecule has 5 rings (SSSR count). The lowest BCUT2D eigenvalue weighted by Gasteiger charge is -2.46. The predicted molar refractivity (Wildman–Crippen MR) is 180 cm³/mol. The molecule has 2 aliphatic heterocycles. The van der Waals surface area contributed by atoms with E-state index in [0.29, 0.717) is 61.2 Å². The van der Waals surface area contributed by atoms with E-state index in [1.54, 1.807) is 71.7 Å². The van der Waals surface area contributed by atoms with Gasteiger partial charge in [-0.3, -0.25) is 18.4 Å². The summed E-state index contributed by atoms with van der Waals surface area (Å²) in [6.45, 7) is 13.5. The summed E-state index contributed by atoms with van der Waals surface area (Å²) in [4.78, 5) is 28.0. The number of phosphoric acid groups is 1. The fraction of sp³-hybridized carbons (Fsp3) is 0.545. The molecule has 0 aliphatic carbocycles. The fourth-order valence-corrected chi connectivity index (χ4v) is 7.96. The van der Waals surface area contributed by atoms with Crippen LogP contribution in [0.15, 0.2) is 47.1 Å². The molecule has 2 aromatic carbocycles. The Bertz CT molecular complexity index is 1650. The van der Waals surface area contributed by atoms with Gasteiger partial charge >= 0.3 is 13.9 Å². The van der Waals surface area contributed by atoms with Crippen LogP contribution >= 0.6 is 23.8 Å². The van der Waals surface area contributed by atoms with Gasteiger partial charge in [-0.15, -0.1) is 0 Å². The Hall–Kier alpha value is -2.96. The summed E-state index contributed by atoms with van der Waals surface area (Å²) in [5.74, 6) is 0.407. The van der Waals surface area contributed by atoms with Crippen LogP contribution in [-0.4, -0.2) is 63.2 Å². The highest BCUT2D eigenvalue weighted by molar-refractivity contribution is 9.10. The van der Waals surface area contributed by atoms with Gasteiger partial charge in [0.15, 0.2) is 6.73 Å². The van der Waals surface area contributed by atoms with Gasteiger partial charge in [-0.05, 0) is 72.7 Å². The van der Waals surface area contributed by atoms with Gasteiger partial charge in [0, 0.05) is 54.0 Å². The van der Waals surface area contributed by atoms with Gasteiger partial charge in [0.05, 0.1) is 29.4 Å². The van der Waals surface area contributed by atoms with Crippen molar-refractivity contribution in [1.29, 1.82) is 0 Å². The van der Waals surface area contributed by atoms with Crippen LogP contribution in [0.5, 0.6) is 5.75 Å². The quantitative estimate of drug-likeness (QED) is 0.231. The molecular weight excluding hydrogens is 691 g/mol. The van der Waals surface area contributed by atoms with Gasteiger partial charge in [-0.2, -0.15) is 5.10 Å². The van der Waals surface area contributed by atoms with Crippen molar-refractivity contribution < 1.29 is 37.2 Å². The second kappa shape index (κ2) is 13.5. The summed E-state index contributed by atoms with van der Waals surface area (Å²) in [6, 6.07) is 10.8. The molecule has 256 valence electrons. The first-order valence-electron chi connectivity index (χ1n) is 15.8. The number of phosphoric ester groups is 1. The lowest BCUT2D eigenvalue weighted by Crippen LogP contribution is -2.53. The molecule has 1 spiro atoms. The summed E-state index contributed by atoms with van der Waals surface area (Å²) < 4.78 is 44.9. The number of aromatic nitrogens is 2. The maximum absolute atomic E-state index is 13.9. The van der Waals surface area contributed by atoms with Gasteiger partial charge in [0.1, 0.15) is 16.9 Å². The molecule has 3 aromatic rings. The molecule has 2 aliphatic rings. The summed E-state index contributed by atoms with van der Waals surface area (Å²) in [6.07, 6.45) is 3.15. The molecule has 14 heteroatoms. The zero-order valence-corrected chi connectivity index (χ0v) is 30.5. The smallest absolute Gasteiger partial charge is 0.477 e. The number of halogens is 1. The zero-order valence-electron chi connectivity index (χ0n) is 28.0. The molecule has 0 saturated carbocycles. The second-order valence-corrected chi connectivity index (χ2v) is 16.3. The van der Waals surface area contributed by atoms with E-state index in [-0.39, 0.29) is 24.8 Å². The monoisotopic (exact) mass is 734 g/mol. The summed E-state index contributed by atoms with van der Waals surface area (Å²) in [7, 11) is -3.98. The molecule has 1 saturated heterocycles. The van der Waals surface area contributed by atoms with E-state index < -0.39 is 24.6 Å². The number of nitrogens with zero attached hydrogens (tertiary/aromatic N) is 3. The van der Waals surface area contributed by atoms with E-state index in [1.165, 1.54) is 4.68 Å². The molecule has 1 N–H and O–H groups in total. The van der Waals surface area contributed by atoms with Crippen molar-refractivity contribution in [2.24, 2.45) is 0 Å². The lowest BCUT2D eigenvalue weighted by molar-refractivity contribution is -0.0234. The molecule has 0 radical (unpaired) electrons. The van der Waals surface area contributed by atoms with Crippen LogP contribution in [0.3, 0.4) is 0 Å². The van der Waals surface area contributed by atoms with Crippen LogP contribution in [0.1, 0.15) is 89.7 Å². The van der Waals surface area contributed by atoms with Gasteiger partial charge in [0.25, 0.3) is 5.91 Å². The lowest BCUT2D eigenvalue weighted by atomic mass is 9.80. The number of hydrogen-bond donors (Lipinski definition) is 1. The largest absolute Gasteiger partial charge is 0.487 e. The van der Waals surface area contributed by atoms with Gasteiger partial charge in [-0.1, -0.05) is 28.1 Å². The minimum atomic E-state index is -3.98. The highest BCUT2D eigenvalue weighted by Gasteiger charge is 2.45. The van der Waals surface area contributed by atoms with Crippen molar-refractivity contribution in [3.63, 3.8) is 0 Å². The second-order valence-electron chi connectivity index (χ2n) is 13.9.